The largest absolute Gasteiger partial charge is 0.497 e. The van der Waals surface area contributed by atoms with Crippen LogP contribution in [-0.4, -0.2) is 39.4 Å². The quantitative estimate of drug-likeness (QED) is 0.658. The Morgan fingerprint density at radius 3 is 3.00 bits per heavy atom. The lowest BCUT2D eigenvalue weighted by Gasteiger charge is -2.33. The Morgan fingerprint density at radius 1 is 1.28 bits per heavy atom. The predicted octanol–water partition coefficient (Wildman–Crippen LogP) is 3.74. The van der Waals surface area contributed by atoms with Gasteiger partial charge < -0.3 is 14.1 Å². The zero-order chi connectivity index (χ0) is 20.2. The number of likely N-dealkylation sites (tertiary alicyclic amines) is 1. The van der Waals surface area contributed by atoms with Crippen LogP contribution in [0.3, 0.4) is 0 Å². The summed E-state index contributed by atoms with van der Waals surface area (Å²) in [5.74, 6) is 2.64. The molecule has 0 aliphatic carbocycles. The van der Waals surface area contributed by atoms with Crippen LogP contribution in [0.15, 0.2) is 47.1 Å². The number of aromatic nitrogens is 3. The Morgan fingerprint density at radius 2 is 2.17 bits per heavy atom. The van der Waals surface area contributed by atoms with Gasteiger partial charge in [0, 0.05) is 19.2 Å². The summed E-state index contributed by atoms with van der Waals surface area (Å²) in [6.45, 7) is 2.45. The highest BCUT2D eigenvalue weighted by molar-refractivity contribution is 5.92. The maximum absolute atomic E-state index is 13.1. The number of hydrogen-bond acceptors (Lipinski definition) is 6. The Hall–Kier alpha value is -3.22. The standard InChI is InChI=1S/C22H24N4O3/c1-15-23-10-9-19(25-15)22(27)26-11-4-3-8-20(26)21-24-14-18(29-21)13-16-6-5-7-17(12-16)28-2/h5-7,9-10,12,14,20H,3-4,8,11,13H2,1-2H3. The van der Waals surface area contributed by atoms with Crippen LogP contribution >= 0.6 is 0 Å². The molecular weight excluding hydrogens is 368 g/mol. The van der Waals surface area contributed by atoms with E-state index in [-0.39, 0.29) is 11.9 Å². The third-order valence-corrected chi connectivity index (χ3v) is 5.13. The second kappa shape index (κ2) is 8.43. The molecule has 1 atom stereocenters. The van der Waals surface area contributed by atoms with Crippen molar-refractivity contribution in [2.24, 2.45) is 0 Å². The van der Waals surface area contributed by atoms with E-state index in [4.69, 9.17) is 9.15 Å². The molecule has 0 saturated carbocycles. The Bertz CT molecular complexity index is 1000. The fourth-order valence-corrected chi connectivity index (χ4v) is 3.70. The summed E-state index contributed by atoms with van der Waals surface area (Å²) in [5, 5.41) is 0. The molecule has 7 nitrogen and oxygen atoms in total. The van der Waals surface area contributed by atoms with Gasteiger partial charge in [0.1, 0.15) is 29.1 Å². The van der Waals surface area contributed by atoms with Gasteiger partial charge in [0.05, 0.1) is 13.3 Å². The van der Waals surface area contributed by atoms with Gasteiger partial charge in [-0.25, -0.2) is 15.0 Å². The summed E-state index contributed by atoms with van der Waals surface area (Å²) in [4.78, 5) is 27.7. The summed E-state index contributed by atoms with van der Waals surface area (Å²) >= 11 is 0. The Labute approximate surface area is 169 Å². The average molecular weight is 392 g/mol. The van der Waals surface area contributed by atoms with E-state index in [1.54, 1.807) is 32.5 Å². The molecule has 1 unspecified atom stereocenters. The highest BCUT2D eigenvalue weighted by Crippen LogP contribution is 2.32. The molecule has 4 rings (SSSR count). The number of ether oxygens (including phenoxy) is 1. The van der Waals surface area contributed by atoms with E-state index in [2.05, 4.69) is 15.0 Å². The summed E-state index contributed by atoms with van der Waals surface area (Å²) in [7, 11) is 1.65. The minimum absolute atomic E-state index is 0.104. The maximum Gasteiger partial charge on any atom is 0.273 e. The summed E-state index contributed by atoms with van der Waals surface area (Å²) in [5.41, 5.74) is 1.49. The van der Waals surface area contributed by atoms with Crippen molar-refractivity contribution in [2.45, 2.75) is 38.6 Å². The van der Waals surface area contributed by atoms with Gasteiger partial charge in [-0.3, -0.25) is 4.79 Å². The fraction of sp³-hybridized carbons (Fsp3) is 0.364. The van der Waals surface area contributed by atoms with E-state index in [0.29, 0.717) is 30.4 Å². The molecule has 1 saturated heterocycles. The average Bonchev–Trinajstić information content (AvgIpc) is 3.21. The number of aryl methyl sites for hydroxylation is 1. The van der Waals surface area contributed by atoms with E-state index in [9.17, 15) is 4.79 Å². The number of hydrogen-bond donors (Lipinski definition) is 0. The molecule has 1 aromatic carbocycles. The predicted molar refractivity (Wildman–Crippen MR) is 107 cm³/mol. The number of rotatable bonds is 5. The lowest BCUT2D eigenvalue weighted by molar-refractivity contribution is 0.0563. The van der Waals surface area contributed by atoms with Crippen molar-refractivity contribution in [3.8, 4) is 5.75 Å². The van der Waals surface area contributed by atoms with Crippen LogP contribution in [0.1, 0.15) is 58.8 Å². The Kier molecular flexibility index (Phi) is 5.55. The third kappa shape index (κ3) is 4.29. The fourth-order valence-electron chi connectivity index (χ4n) is 3.70. The van der Waals surface area contributed by atoms with Gasteiger partial charge >= 0.3 is 0 Å². The lowest BCUT2D eigenvalue weighted by atomic mass is 10.0. The van der Waals surface area contributed by atoms with Crippen molar-refractivity contribution in [1.29, 1.82) is 0 Å². The molecule has 0 spiro atoms. The molecule has 1 aliphatic rings. The summed E-state index contributed by atoms with van der Waals surface area (Å²) < 4.78 is 11.3. The van der Waals surface area contributed by atoms with Crippen molar-refractivity contribution in [1.82, 2.24) is 19.9 Å². The minimum Gasteiger partial charge on any atom is -0.497 e. The molecule has 1 amide bonds. The number of carbonyl (C=O) groups excluding carboxylic acids is 1. The number of oxazole rings is 1. The molecular formula is C22H24N4O3. The number of methoxy groups -OCH3 is 1. The first-order valence-electron chi connectivity index (χ1n) is 9.82. The van der Waals surface area contributed by atoms with Crippen LogP contribution in [0.4, 0.5) is 0 Å². The van der Waals surface area contributed by atoms with Crippen LogP contribution in [0.5, 0.6) is 5.75 Å². The minimum atomic E-state index is -0.175. The Balaban J connectivity index is 1.54. The monoisotopic (exact) mass is 392 g/mol. The lowest BCUT2D eigenvalue weighted by Crippen LogP contribution is -2.39. The van der Waals surface area contributed by atoms with Gasteiger partial charge in [-0.15, -0.1) is 0 Å². The van der Waals surface area contributed by atoms with Crippen LogP contribution in [0.25, 0.3) is 0 Å². The van der Waals surface area contributed by atoms with Crippen molar-refractivity contribution < 1.29 is 13.9 Å². The van der Waals surface area contributed by atoms with Gasteiger partial charge in [-0.1, -0.05) is 12.1 Å². The first-order chi connectivity index (χ1) is 14.1. The van der Waals surface area contributed by atoms with Crippen molar-refractivity contribution in [3.63, 3.8) is 0 Å². The van der Waals surface area contributed by atoms with Crippen molar-refractivity contribution in [3.05, 3.63) is 71.5 Å². The summed E-state index contributed by atoms with van der Waals surface area (Å²) in [6.07, 6.45) is 6.81. The molecule has 150 valence electrons. The van der Waals surface area contributed by atoms with Crippen molar-refractivity contribution >= 4 is 5.91 Å². The highest BCUT2D eigenvalue weighted by Gasteiger charge is 2.32. The number of carbonyl (C=O) groups is 1. The number of benzene rings is 1. The van der Waals surface area contributed by atoms with Gasteiger partial charge in [0.2, 0.25) is 5.89 Å². The molecule has 0 radical (unpaired) electrons. The zero-order valence-electron chi connectivity index (χ0n) is 16.7. The van der Waals surface area contributed by atoms with Crippen LogP contribution < -0.4 is 4.74 Å². The molecule has 0 N–H and O–H groups in total. The molecule has 2 aromatic heterocycles. The van der Waals surface area contributed by atoms with Crippen LogP contribution in [0, 0.1) is 6.92 Å². The third-order valence-electron chi connectivity index (χ3n) is 5.13. The molecule has 0 bridgehead atoms. The smallest absolute Gasteiger partial charge is 0.273 e. The van der Waals surface area contributed by atoms with Crippen LogP contribution in [-0.2, 0) is 6.42 Å². The van der Waals surface area contributed by atoms with E-state index in [0.717, 1.165) is 36.3 Å². The second-order valence-electron chi connectivity index (χ2n) is 7.19. The number of piperidine rings is 1. The second-order valence-corrected chi connectivity index (χ2v) is 7.19. The number of amides is 1. The summed E-state index contributed by atoms with van der Waals surface area (Å²) in [6, 6.07) is 9.36. The number of nitrogens with zero attached hydrogens (tertiary/aromatic N) is 4. The van der Waals surface area contributed by atoms with Crippen LogP contribution in [0.2, 0.25) is 0 Å². The first-order valence-corrected chi connectivity index (χ1v) is 9.82. The van der Waals surface area contributed by atoms with E-state index < -0.39 is 0 Å². The highest BCUT2D eigenvalue weighted by atomic mass is 16.5. The van der Waals surface area contributed by atoms with Gasteiger partial charge in [-0.05, 0) is 49.9 Å². The maximum atomic E-state index is 13.1. The normalized spacial score (nSPS) is 16.6. The van der Waals surface area contributed by atoms with E-state index in [1.807, 2.05) is 29.2 Å². The molecule has 3 aromatic rings. The van der Waals surface area contributed by atoms with Gasteiger partial charge in [0.15, 0.2) is 0 Å². The van der Waals surface area contributed by atoms with Crippen molar-refractivity contribution in [2.75, 3.05) is 13.7 Å². The molecule has 3 heterocycles. The topological polar surface area (TPSA) is 81.4 Å². The van der Waals surface area contributed by atoms with Gasteiger partial charge in [-0.2, -0.15) is 0 Å². The van der Waals surface area contributed by atoms with E-state index >= 15 is 0 Å². The molecule has 1 fully saturated rings. The molecule has 29 heavy (non-hydrogen) atoms. The zero-order valence-corrected chi connectivity index (χ0v) is 16.7. The molecule has 1 aliphatic heterocycles. The van der Waals surface area contributed by atoms with E-state index in [1.165, 1.54) is 0 Å². The molecule has 7 heteroatoms. The first kappa shape index (κ1) is 19.1. The van der Waals surface area contributed by atoms with Gasteiger partial charge in [0.25, 0.3) is 5.91 Å². The SMILES string of the molecule is COc1cccc(Cc2cnc(C3CCCCN3C(=O)c3ccnc(C)n3)o2)c1.